The Balaban J connectivity index is 2.87. The van der Waals surface area contributed by atoms with Crippen molar-refractivity contribution in [3.8, 4) is 0 Å². The lowest BCUT2D eigenvalue weighted by molar-refractivity contribution is 0.946. The molecular formula is C9H9N3. The zero-order chi connectivity index (χ0) is 8.55. The molecule has 0 fully saturated rings. The van der Waals surface area contributed by atoms with Crippen molar-refractivity contribution in [1.82, 2.24) is 9.55 Å². The summed E-state index contributed by atoms with van der Waals surface area (Å²) in [6.45, 7) is 3.45. The summed E-state index contributed by atoms with van der Waals surface area (Å²) >= 11 is 0. The summed E-state index contributed by atoms with van der Waals surface area (Å²) in [5, 5.41) is 0. The molecule has 1 aromatic carbocycles. The number of imidazole rings is 1. The van der Waals surface area contributed by atoms with Crippen molar-refractivity contribution < 1.29 is 0 Å². The van der Waals surface area contributed by atoms with Gasteiger partial charge in [0.1, 0.15) is 0 Å². The van der Waals surface area contributed by atoms with Gasteiger partial charge >= 0.3 is 0 Å². The number of fused-ring (bicyclic) bond motifs is 1. The molecule has 0 aliphatic heterocycles. The van der Waals surface area contributed by atoms with Crippen molar-refractivity contribution in [3.05, 3.63) is 24.3 Å². The molecule has 0 unspecified atom stereocenters. The normalized spacial score (nSPS) is 10.4. The smallest absolute Gasteiger partial charge is 0.229 e. The lowest BCUT2D eigenvalue weighted by atomic mass is 10.3. The molecule has 0 bridgehead atoms. The van der Waals surface area contributed by atoms with Gasteiger partial charge in [-0.1, -0.05) is 12.1 Å². The van der Waals surface area contributed by atoms with Crippen molar-refractivity contribution in [2.75, 3.05) is 0 Å². The highest BCUT2D eigenvalue weighted by Crippen LogP contribution is 2.18. The van der Waals surface area contributed by atoms with Crippen LogP contribution < -0.4 is 0 Å². The summed E-state index contributed by atoms with van der Waals surface area (Å²) in [6, 6.07) is 7.92. The molecule has 12 heavy (non-hydrogen) atoms. The van der Waals surface area contributed by atoms with Gasteiger partial charge in [0.05, 0.1) is 11.0 Å². The number of benzene rings is 1. The molecule has 3 nitrogen and oxygen atoms in total. The maximum Gasteiger partial charge on any atom is 0.229 e. The first-order valence-electron chi connectivity index (χ1n) is 3.71. The van der Waals surface area contributed by atoms with E-state index in [1.807, 2.05) is 35.9 Å². The van der Waals surface area contributed by atoms with Crippen molar-refractivity contribution in [2.45, 2.75) is 0 Å². The number of para-hydroxylation sites is 2. The number of hydrogen-bond donors (Lipinski definition) is 0. The van der Waals surface area contributed by atoms with Crippen LogP contribution in [0.25, 0.3) is 11.0 Å². The van der Waals surface area contributed by atoms with Gasteiger partial charge in [0, 0.05) is 7.05 Å². The van der Waals surface area contributed by atoms with Crippen LogP contribution in [0.4, 0.5) is 5.95 Å². The third-order valence-electron chi connectivity index (χ3n) is 1.90. The molecule has 0 saturated heterocycles. The van der Waals surface area contributed by atoms with E-state index < -0.39 is 0 Å². The number of aryl methyl sites for hydroxylation is 1. The molecule has 0 aliphatic rings. The monoisotopic (exact) mass is 159 g/mol. The van der Waals surface area contributed by atoms with E-state index in [-0.39, 0.29) is 0 Å². The molecule has 2 aromatic rings. The van der Waals surface area contributed by atoms with Gasteiger partial charge in [0.25, 0.3) is 0 Å². The second kappa shape index (κ2) is 2.44. The Morgan fingerprint density at radius 2 is 2.17 bits per heavy atom. The maximum atomic E-state index is 4.26. The standard InChI is InChI=1S/C9H9N3/c1-10-9-11-7-5-3-4-6-8(7)12(9)2/h3-6H,1H2,2H3. The van der Waals surface area contributed by atoms with Gasteiger partial charge in [0.2, 0.25) is 5.95 Å². The summed E-state index contributed by atoms with van der Waals surface area (Å²) in [7, 11) is 1.93. The number of hydrogen-bond acceptors (Lipinski definition) is 2. The third kappa shape index (κ3) is 0.830. The summed E-state index contributed by atoms with van der Waals surface area (Å²) < 4.78 is 1.92. The Morgan fingerprint density at radius 3 is 2.83 bits per heavy atom. The average Bonchev–Trinajstić information content (AvgIpc) is 2.44. The van der Waals surface area contributed by atoms with E-state index in [4.69, 9.17) is 0 Å². The van der Waals surface area contributed by atoms with Crippen molar-refractivity contribution in [3.63, 3.8) is 0 Å². The van der Waals surface area contributed by atoms with Gasteiger partial charge in [-0.2, -0.15) is 0 Å². The molecule has 1 aromatic heterocycles. The third-order valence-corrected chi connectivity index (χ3v) is 1.90. The van der Waals surface area contributed by atoms with E-state index in [0.29, 0.717) is 5.95 Å². The molecule has 2 rings (SSSR count). The fraction of sp³-hybridized carbons (Fsp3) is 0.111. The molecule has 0 amide bonds. The minimum Gasteiger partial charge on any atom is -0.312 e. The van der Waals surface area contributed by atoms with Gasteiger partial charge in [-0.3, -0.25) is 0 Å². The van der Waals surface area contributed by atoms with Gasteiger partial charge in [-0.05, 0) is 18.9 Å². The molecule has 0 atom stereocenters. The highest BCUT2D eigenvalue weighted by atomic mass is 15.2. The van der Waals surface area contributed by atoms with Crippen LogP contribution in [0, 0.1) is 0 Å². The molecule has 60 valence electrons. The Morgan fingerprint density at radius 1 is 1.42 bits per heavy atom. The van der Waals surface area contributed by atoms with Crippen LogP contribution in [0.1, 0.15) is 0 Å². The zero-order valence-corrected chi connectivity index (χ0v) is 6.86. The van der Waals surface area contributed by atoms with Gasteiger partial charge < -0.3 is 4.57 Å². The first kappa shape index (κ1) is 7.03. The predicted octanol–water partition coefficient (Wildman–Crippen LogP) is 1.91. The van der Waals surface area contributed by atoms with E-state index in [0.717, 1.165) is 11.0 Å². The number of aromatic nitrogens is 2. The SMILES string of the molecule is C=Nc1nc2ccccc2n1C. The Kier molecular flexibility index (Phi) is 1.43. The van der Waals surface area contributed by atoms with Gasteiger partial charge in [-0.25, -0.2) is 9.98 Å². The summed E-state index contributed by atoms with van der Waals surface area (Å²) in [6.07, 6.45) is 0. The van der Waals surface area contributed by atoms with Crippen LogP contribution in [-0.2, 0) is 7.05 Å². The van der Waals surface area contributed by atoms with Crippen LogP contribution in [-0.4, -0.2) is 16.3 Å². The largest absolute Gasteiger partial charge is 0.312 e. The van der Waals surface area contributed by atoms with Gasteiger partial charge in [0.15, 0.2) is 0 Å². The minimum absolute atomic E-state index is 0.663. The molecule has 0 aliphatic carbocycles. The fourth-order valence-electron chi connectivity index (χ4n) is 1.27. The first-order chi connectivity index (χ1) is 5.83. The highest BCUT2D eigenvalue weighted by molar-refractivity contribution is 5.78. The maximum absolute atomic E-state index is 4.26. The van der Waals surface area contributed by atoms with Crippen molar-refractivity contribution in [1.29, 1.82) is 0 Å². The lowest BCUT2D eigenvalue weighted by Crippen LogP contribution is -1.84. The number of rotatable bonds is 1. The van der Waals surface area contributed by atoms with E-state index >= 15 is 0 Å². The molecule has 3 heteroatoms. The predicted molar refractivity (Wildman–Crippen MR) is 49.9 cm³/mol. The summed E-state index contributed by atoms with van der Waals surface area (Å²) in [4.78, 5) is 8.07. The zero-order valence-electron chi connectivity index (χ0n) is 6.86. The van der Waals surface area contributed by atoms with E-state index in [2.05, 4.69) is 16.7 Å². The Bertz CT molecular complexity index is 428. The Labute approximate surface area is 70.4 Å². The van der Waals surface area contributed by atoms with Crippen molar-refractivity contribution >= 4 is 23.7 Å². The minimum atomic E-state index is 0.663. The topological polar surface area (TPSA) is 30.2 Å². The first-order valence-corrected chi connectivity index (χ1v) is 3.71. The summed E-state index contributed by atoms with van der Waals surface area (Å²) in [5.74, 6) is 0.663. The van der Waals surface area contributed by atoms with Crippen LogP contribution >= 0.6 is 0 Å². The summed E-state index contributed by atoms with van der Waals surface area (Å²) in [5.41, 5.74) is 2.04. The molecular weight excluding hydrogens is 150 g/mol. The molecule has 0 saturated carbocycles. The van der Waals surface area contributed by atoms with Crippen molar-refractivity contribution in [2.24, 2.45) is 12.0 Å². The van der Waals surface area contributed by atoms with E-state index in [1.54, 1.807) is 0 Å². The molecule has 0 N–H and O–H groups in total. The Hall–Kier alpha value is -1.64. The molecule has 1 heterocycles. The van der Waals surface area contributed by atoms with Crippen LogP contribution in [0.15, 0.2) is 29.3 Å². The highest BCUT2D eigenvalue weighted by Gasteiger charge is 2.02. The molecule has 0 radical (unpaired) electrons. The van der Waals surface area contributed by atoms with E-state index in [1.165, 1.54) is 0 Å². The van der Waals surface area contributed by atoms with Crippen LogP contribution in [0.5, 0.6) is 0 Å². The second-order valence-corrected chi connectivity index (χ2v) is 2.62. The van der Waals surface area contributed by atoms with Gasteiger partial charge in [-0.15, -0.1) is 0 Å². The second-order valence-electron chi connectivity index (χ2n) is 2.62. The average molecular weight is 159 g/mol. The van der Waals surface area contributed by atoms with Crippen LogP contribution in [0.3, 0.4) is 0 Å². The lowest BCUT2D eigenvalue weighted by Gasteiger charge is -1.93. The van der Waals surface area contributed by atoms with E-state index in [9.17, 15) is 0 Å². The fourth-order valence-corrected chi connectivity index (χ4v) is 1.27. The quantitative estimate of drug-likeness (QED) is 0.584. The number of nitrogens with zero attached hydrogens (tertiary/aromatic N) is 3. The van der Waals surface area contributed by atoms with Crippen LogP contribution in [0.2, 0.25) is 0 Å². The molecule has 0 spiro atoms. The number of aliphatic imine (C=N–C) groups is 1.